The van der Waals surface area contributed by atoms with E-state index in [0.29, 0.717) is 6.42 Å². The van der Waals surface area contributed by atoms with Crippen molar-refractivity contribution < 1.29 is 4.79 Å². The first kappa shape index (κ1) is 15.0. The first-order valence-corrected chi connectivity index (χ1v) is 8.40. The first-order valence-electron chi connectivity index (χ1n) is 8.40. The number of nitrogens with one attached hydrogen (secondary N) is 2. The van der Waals surface area contributed by atoms with Crippen LogP contribution in [0.15, 0.2) is 54.6 Å². The van der Waals surface area contributed by atoms with Gasteiger partial charge >= 0.3 is 0 Å². The van der Waals surface area contributed by atoms with Gasteiger partial charge in [-0.15, -0.1) is 0 Å². The van der Waals surface area contributed by atoms with Gasteiger partial charge in [0, 0.05) is 23.1 Å². The van der Waals surface area contributed by atoms with E-state index in [0.717, 1.165) is 30.6 Å². The predicted molar refractivity (Wildman–Crippen MR) is 95.6 cm³/mol. The number of carbonyl (C=O) groups excluding carboxylic acids is 1. The number of hydrogen-bond acceptors (Lipinski definition) is 2. The van der Waals surface area contributed by atoms with Crippen LogP contribution in [0.5, 0.6) is 0 Å². The number of hydrogen-bond donors (Lipinski definition) is 3. The molecule has 122 valence electrons. The van der Waals surface area contributed by atoms with Crippen molar-refractivity contribution in [1.82, 2.24) is 10.3 Å². The lowest BCUT2D eigenvalue weighted by atomic mass is 9.81. The molecule has 4 heteroatoms. The second kappa shape index (κ2) is 5.80. The van der Waals surface area contributed by atoms with Gasteiger partial charge in [0.15, 0.2) is 0 Å². The fourth-order valence-corrected chi connectivity index (χ4v) is 3.84. The summed E-state index contributed by atoms with van der Waals surface area (Å²) in [5, 5.41) is 4.61. The van der Waals surface area contributed by atoms with E-state index in [1.807, 2.05) is 30.3 Å². The van der Waals surface area contributed by atoms with Gasteiger partial charge < -0.3 is 10.7 Å². The number of aryl methyl sites for hydroxylation is 1. The SMILES string of the molecule is NC(=O)[C@@]1(CCc2ccccc2)NCCc2c1[nH]c1ccccc21. The number of carbonyl (C=O) groups is 1. The fourth-order valence-electron chi connectivity index (χ4n) is 3.84. The van der Waals surface area contributed by atoms with Crippen molar-refractivity contribution in [3.05, 3.63) is 71.4 Å². The molecule has 0 bridgehead atoms. The molecule has 2 aromatic carbocycles. The van der Waals surface area contributed by atoms with Crippen LogP contribution in [0.1, 0.15) is 23.2 Å². The molecular weight excluding hydrogens is 298 g/mol. The molecule has 0 fully saturated rings. The summed E-state index contributed by atoms with van der Waals surface area (Å²) in [6.45, 7) is 0.757. The Morgan fingerprint density at radius 2 is 1.83 bits per heavy atom. The van der Waals surface area contributed by atoms with Crippen molar-refractivity contribution in [2.75, 3.05) is 6.54 Å². The van der Waals surface area contributed by atoms with Crippen LogP contribution in [-0.4, -0.2) is 17.4 Å². The lowest BCUT2D eigenvalue weighted by molar-refractivity contribution is -0.125. The van der Waals surface area contributed by atoms with Gasteiger partial charge in [-0.2, -0.15) is 0 Å². The van der Waals surface area contributed by atoms with E-state index < -0.39 is 5.54 Å². The van der Waals surface area contributed by atoms with Crippen molar-refractivity contribution in [1.29, 1.82) is 0 Å². The van der Waals surface area contributed by atoms with Crippen LogP contribution in [0, 0.1) is 0 Å². The molecule has 0 spiro atoms. The topological polar surface area (TPSA) is 70.9 Å². The second-order valence-electron chi connectivity index (χ2n) is 6.46. The molecule has 0 radical (unpaired) electrons. The summed E-state index contributed by atoms with van der Waals surface area (Å²) >= 11 is 0. The summed E-state index contributed by atoms with van der Waals surface area (Å²) in [5.41, 5.74) is 9.49. The molecule has 4 nitrogen and oxygen atoms in total. The zero-order chi connectivity index (χ0) is 16.6. The molecule has 1 aromatic heterocycles. The molecule has 4 rings (SSSR count). The molecule has 0 saturated heterocycles. The number of aromatic amines is 1. The molecule has 1 aliphatic rings. The fraction of sp³-hybridized carbons (Fsp3) is 0.250. The summed E-state index contributed by atoms with van der Waals surface area (Å²) in [6, 6.07) is 18.4. The van der Waals surface area contributed by atoms with E-state index >= 15 is 0 Å². The van der Waals surface area contributed by atoms with E-state index in [-0.39, 0.29) is 5.91 Å². The number of amides is 1. The molecule has 1 atom stereocenters. The van der Waals surface area contributed by atoms with Crippen LogP contribution in [0.25, 0.3) is 10.9 Å². The molecule has 24 heavy (non-hydrogen) atoms. The van der Waals surface area contributed by atoms with Crippen molar-refractivity contribution in [3.63, 3.8) is 0 Å². The van der Waals surface area contributed by atoms with Crippen molar-refractivity contribution in [3.8, 4) is 0 Å². The van der Waals surface area contributed by atoms with E-state index in [1.165, 1.54) is 16.5 Å². The maximum absolute atomic E-state index is 12.5. The summed E-state index contributed by atoms with van der Waals surface area (Å²) in [5.74, 6) is -0.314. The normalized spacial score (nSPS) is 20.0. The van der Waals surface area contributed by atoms with Crippen molar-refractivity contribution in [2.45, 2.75) is 24.8 Å². The first-order chi connectivity index (χ1) is 11.7. The molecular formula is C20H21N3O. The second-order valence-corrected chi connectivity index (χ2v) is 6.46. The molecule has 1 aliphatic heterocycles. The average molecular weight is 319 g/mol. The smallest absolute Gasteiger partial charge is 0.243 e. The summed E-state index contributed by atoms with van der Waals surface area (Å²) in [7, 11) is 0. The van der Waals surface area contributed by atoms with E-state index in [1.54, 1.807) is 0 Å². The van der Waals surface area contributed by atoms with Crippen LogP contribution in [0.3, 0.4) is 0 Å². The van der Waals surface area contributed by atoms with Gasteiger partial charge in [0.2, 0.25) is 5.91 Å². The Bertz CT molecular complexity index is 884. The number of para-hydroxylation sites is 1. The Morgan fingerprint density at radius 3 is 2.62 bits per heavy atom. The number of fused-ring (bicyclic) bond motifs is 3. The van der Waals surface area contributed by atoms with Gasteiger partial charge in [-0.3, -0.25) is 10.1 Å². The van der Waals surface area contributed by atoms with Gasteiger partial charge in [-0.1, -0.05) is 48.5 Å². The molecule has 4 N–H and O–H groups in total. The van der Waals surface area contributed by atoms with Crippen molar-refractivity contribution in [2.24, 2.45) is 5.73 Å². The molecule has 0 unspecified atom stereocenters. The minimum Gasteiger partial charge on any atom is -0.368 e. The number of nitrogens with two attached hydrogens (primary N) is 1. The third-order valence-corrected chi connectivity index (χ3v) is 5.09. The molecule has 1 amide bonds. The number of primary amides is 1. The lowest BCUT2D eigenvalue weighted by Gasteiger charge is -2.36. The summed E-state index contributed by atoms with van der Waals surface area (Å²) in [6.07, 6.45) is 2.34. The molecule has 0 saturated carbocycles. The quantitative estimate of drug-likeness (QED) is 0.692. The zero-order valence-electron chi connectivity index (χ0n) is 13.5. The highest BCUT2D eigenvalue weighted by Gasteiger charge is 2.43. The molecule has 3 aromatic rings. The van der Waals surface area contributed by atoms with E-state index in [2.05, 4.69) is 34.6 Å². The van der Waals surface area contributed by atoms with Crippen LogP contribution >= 0.6 is 0 Å². The Labute approximate surface area is 141 Å². The van der Waals surface area contributed by atoms with E-state index in [9.17, 15) is 4.79 Å². The predicted octanol–water partition coefficient (Wildman–Crippen LogP) is 2.63. The number of benzene rings is 2. The Kier molecular flexibility index (Phi) is 3.62. The average Bonchev–Trinajstić information content (AvgIpc) is 3.00. The largest absolute Gasteiger partial charge is 0.368 e. The van der Waals surface area contributed by atoms with Crippen LogP contribution in [-0.2, 0) is 23.2 Å². The van der Waals surface area contributed by atoms with Gasteiger partial charge in [0.05, 0.1) is 0 Å². The van der Waals surface area contributed by atoms with Crippen LogP contribution in [0.4, 0.5) is 0 Å². The molecule has 0 aliphatic carbocycles. The minimum atomic E-state index is -0.831. The van der Waals surface area contributed by atoms with Crippen molar-refractivity contribution >= 4 is 16.8 Å². The molecule has 2 heterocycles. The van der Waals surface area contributed by atoms with E-state index in [4.69, 9.17) is 5.73 Å². The standard InChI is InChI=1S/C20H21N3O/c21-19(24)20(12-10-14-6-2-1-3-7-14)18-16(11-13-22-20)15-8-4-5-9-17(15)23-18/h1-9,22-23H,10-13H2,(H2,21,24)/t20-/m0/s1. The van der Waals surface area contributed by atoms with Gasteiger partial charge in [-0.25, -0.2) is 0 Å². The maximum atomic E-state index is 12.5. The van der Waals surface area contributed by atoms with Gasteiger partial charge in [-0.05, 0) is 36.5 Å². The van der Waals surface area contributed by atoms with Crippen LogP contribution in [0.2, 0.25) is 0 Å². The zero-order valence-corrected chi connectivity index (χ0v) is 13.5. The minimum absolute atomic E-state index is 0.314. The highest BCUT2D eigenvalue weighted by atomic mass is 16.1. The monoisotopic (exact) mass is 319 g/mol. The number of H-pyrrole nitrogens is 1. The number of rotatable bonds is 4. The van der Waals surface area contributed by atoms with Crippen LogP contribution < -0.4 is 11.1 Å². The third kappa shape index (κ3) is 2.31. The Balaban J connectivity index is 1.77. The van der Waals surface area contributed by atoms with Gasteiger partial charge in [0.1, 0.15) is 5.54 Å². The summed E-state index contributed by atoms with van der Waals surface area (Å²) in [4.78, 5) is 15.9. The lowest BCUT2D eigenvalue weighted by Crippen LogP contribution is -2.56. The number of aromatic nitrogens is 1. The Morgan fingerprint density at radius 1 is 1.08 bits per heavy atom. The maximum Gasteiger partial charge on any atom is 0.243 e. The third-order valence-electron chi connectivity index (χ3n) is 5.09. The van der Waals surface area contributed by atoms with Gasteiger partial charge in [0.25, 0.3) is 0 Å². The summed E-state index contributed by atoms with van der Waals surface area (Å²) < 4.78 is 0. The Hall–Kier alpha value is -2.59. The highest BCUT2D eigenvalue weighted by molar-refractivity contribution is 5.92. The highest BCUT2D eigenvalue weighted by Crippen LogP contribution is 2.36.